The summed E-state index contributed by atoms with van der Waals surface area (Å²) in [6.45, 7) is 7.80. The molecule has 0 fully saturated rings. The third-order valence-electron chi connectivity index (χ3n) is 4.89. The molecule has 0 heterocycles. The summed E-state index contributed by atoms with van der Waals surface area (Å²) in [5, 5.41) is 12.0. The second kappa shape index (κ2) is 12.5. The summed E-state index contributed by atoms with van der Waals surface area (Å²) in [5.41, 5.74) is 4.13. The summed E-state index contributed by atoms with van der Waals surface area (Å²) in [6, 6.07) is 14.0. The number of hydrogen-bond acceptors (Lipinski definition) is 5. The van der Waals surface area contributed by atoms with Gasteiger partial charge in [-0.3, -0.25) is 14.5 Å². The normalized spacial score (nSPS) is 12.0. The van der Waals surface area contributed by atoms with E-state index in [0.29, 0.717) is 25.4 Å². The number of nitrogens with zero attached hydrogens (tertiary/aromatic N) is 1. The first kappa shape index (κ1) is 24.9. The summed E-state index contributed by atoms with van der Waals surface area (Å²) < 4.78 is 5.21. The van der Waals surface area contributed by atoms with Gasteiger partial charge in [-0.15, -0.1) is 11.8 Å². The van der Waals surface area contributed by atoms with Crippen molar-refractivity contribution in [3.8, 4) is 0 Å². The van der Waals surface area contributed by atoms with Gasteiger partial charge in [0.05, 0.1) is 19.1 Å². The van der Waals surface area contributed by atoms with Crippen molar-refractivity contribution >= 4 is 29.3 Å². The number of thioether (sulfide) groups is 1. The van der Waals surface area contributed by atoms with E-state index in [2.05, 4.69) is 16.3 Å². The number of aryl methyl sites for hydroxylation is 2. The number of ether oxygens (including phenoxy) is 1. The molecule has 168 valence electrons. The van der Waals surface area contributed by atoms with Crippen LogP contribution in [0.2, 0.25) is 0 Å². The number of nitrogens with one attached hydrogen (secondary N) is 1. The van der Waals surface area contributed by atoms with Gasteiger partial charge in [0.15, 0.2) is 0 Å². The zero-order valence-corrected chi connectivity index (χ0v) is 19.5. The van der Waals surface area contributed by atoms with Crippen molar-refractivity contribution in [3.63, 3.8) is 0 Å². The highest BCUT2D eigenvalue weighted by molar-refractivity contribution is 7.99. The first-order valence-electron chi connectivity index (χ1n) is 10.3. The van der Waals surface area contributed by atoms with Gasteiger partial charge in [-0.05, 0) is 43.2 Å². The van der Waals surface area contributed by atoms with Crippen LogP contribution in [0.4, 0.5) is 5.69 Å². The van der Waals surface area contributed by atoms with Crippen LogP contribution in [-0.2, 0) is 20.9 Å². The van der Waals surface area contributed by atoms with E-state index >= 15 is 0 Å². The summed E-state index contributed by atoms with van der Waals surface area (Å²) in [6.07, 6.45) is 0. The Morgan fingerprint density at radius 2 is 1.87 bits per heavy atom. The zero-order valence-electron chi connectivity index (χ0n) is 18.7. The monoisotopic (exact) mass is 444 g/mol. The molecule has 1 atom stereocenters. The Morgan fingerprint density at radius 3 is 2.48 bits per heavy atom. The molecule has 0 spiro atoms. The number of benzene rings is 2. The molecule has 0 aliphatic rings. The van der Waals surface area contributed by atoms with Crippen molar-refractivity contribution in [2.24, 2.45) is 5.92 Å². The lowest BCUT2D eigenvalue weighted by Crippen LogP contribution is -2.35. The van der Waals surface area contributed by atoms with E-state index in [1.54, 1.807) is 14.0 Å². The fourth-order valence-electron chi connectivity index (χ4n) is 3.02. The number of hydrogen-bond donors (Lipinski definition) is 2. The predicted molar refractivity (Wildman–Crippen MR) is 126 cm³/mol. The molecule has 1 unspecified atom stereocenters. The molecule has 0 radical (unpaired) electrons. The number of carboxylic acid groups (broad SMARTS) is 1. The molecule has 0 aliphatic heterocycles. The number of amides is 1. The van der Waals surface area contributed by atoms with Gasteiger partial charge in [0.1, 0.15) is 0 Å². The van der Waals surface area contributed by atoms with E-state index in [9.17, 15) is 9.59 Å². The van der Waals surface area contributed by atoms with Gasteiger partial charge in [0.2, 0.25) is 5.91 Å². The van der Waals surface area contributed by atoms with E-state index < -0.39 is 5.97 Å². The van der Waals surface area contributed by atoms with Crippen LogP contribution >= 0.6 is 11.8 Å². The fraction of sp³-hybridized carbons (Fsp3) is 0.417. The molecule has 0 aliphatic carbocycles. The molecule has 0 saturated heterocycles. The van der Waals surface area contributed by atoms with Gasteiger partial charge >= 0.3 is 5.97 Å². The maximum atomic E-state index is 12.6. The van der Waals surface area contributed by atoms with Crippen molar-refractivity contribution < 1.29 is 19.4 Å². The van der Waals surface area contributed by atoms with E-state index in [4.69, 9.17) is 9.84 Å². The number of carbonyl (C=O) groups is 2. The lowest BCUT2D eigenvalue weighted by Gasteiger charge is -2.22. The van der Waals surface area contributed by atoms with E-state index in [1.807, 2.05) is 50.2 Å². The molecule has 2 aromatic rings. The molecule has 31 heavy (non-hydrogen) atoms. The average Bonchev–Trinajstić information content (AvgIpc) is 2.73. The van der Waals surface area contributed by atoms with Gasteiger partial charge in [0, 0.05) is 36.5 Å². The lowest BCUT2D eigenvalue weighted by atomic mass is 10.1. The van der Waals surface area contributed by atoms with Crippen molar-refractivity contribution in [3.05, 3.63) is 59.2 Å². The van der Waals surface area contributed by atoms with Gasteiger partial charge in [0.25, 0.3) is 0 Å². The van der Waals surface area contributed by atoms with Gasteiger partial charge in [-0.25, -0.2) is 0 Å². The molecule has 6 nitrogen and oxygen atoms in total. The minimum Gasteiger partial charge on any atom is -0.481 e. The molecule has 2 rings (SSSR count). The first-order chi connectivity index (χ1) is 14.8. The second-order valence-electron chi connectivity index (χ2n) is 7.76. The SMILES string of the molecule is COCCN(CC(=O)Nc1ccc(C)cc1C)Cc1ccc(SCC(C)C(=O)O)cc1. The van der Waals surface area contributed by atoms with Gasteiger partial charge in [-0.1, -0.05) is 36.8 Å². The maximum absolute atomic E-state index is 12.6. The highest BCUT2D eigenvalue weighted by Crippen LogP contribution is 2.22. The van der Waals surface area contributed by atoms with Crippen LogP contribution in [0, 0.1) is 19.8 Å². The summed E-state index contributed by atoms with van der Waals surface area (Å²) >= 11 is 1.53. The molecular weight excluding hydrogens is 412 g/mol. The first-order valence-corrected chi connectivity index (χ1v) is 11.3. The maximum Gasteiger partial charge on any atom is 0.307 e. The van der Waals surface area contributed by atoms with Crippen LogP contribution in [0.25, 0.3) is 0 Å². The van der Waals surface area contributed by atoms with E-state index in [1.165, 1.54) is 11.8 Å². The standard InChI is InChI=1S/C24H32N2O4S/c1-17-5-10-22(18(2)13-17)25-23(27)15-26(11-12-30-4)14-20-6-8-21(9-7-20)31-16-19(3)24(28)29/h5-10,13,19H,11-12,14-16H2,1-4H3,(H,25,27)(H,28,29). The molecule has 2 aromatic carbocycles. The predicted octanol–water partition coefficient (Wildman–Crippen LogP) is 4.20. The molecule has 2 N–H and O–H groups in total. The fourth-order valence-corrected chi connectivity index (χ4v) is 3.94. The second-order valence-corrected chi connectivity index (χ2v) is 8.86. The van der Waals surface area contributed by atoms with Crippen LogP contribution in [0.3, 0.4) is 0 Å². The average molecular weight is 445 g/mol. The largest absolute Gasteiger partial charge is 0.481 e. The lowest BCUT2D eigenvalue weighted by molar-refractivity contribution is -0.140. The van der Waals surface area contributed by atoms with Crippen molar-refractivity contribution in [1.82, 2.24) is 4.90 Å². The topological polar surface area (TPSA) is 78.9 Å². The Bertz CT molecular complexity index is 870. The number of methoxy groups -OCH3 is 1. The molecule has 0 bridgehead atoms. The molecule has 0 aromatic heterocycles. The smallest absolute Gasteiger partial charge is 0.307 e. The summed E-state index contributed by atoms with van der Waals surface area (Å²) in [5.74, 6) is -0.687. The van der Waals surface area contributed by atoms with Crippen molar-refractivity contribution in [2.75, 3.05) is 37.9 Å². The minimum atomic E-state index is -0.781. The highest BCUT2D eigenvalue weighted by Gasteiger charge is 2.14. The highest BCUT2D eigenvalue weighted by atomic mass is 32.2. The molecule has 1 amide bonds. The van der Waals surface area contributed by atoms with E-state index in [-0.39, 0.29) is 18.4 Å². The minimum absolute atomic E-state index is 0.0575. The van der Waals surface area contributed by atoms with Gasteiger partial charge in [-0.2, -0.15) is 0 Å². The van der Waals surface area contributed by atoms with E-state index in [0.717, 1.165) is 27.3 Å². The Morgan fingerprint density at radius 1 is 1.16 bits per heavy atom. The summed E-state index contributed by atoms with van der Waals surface area (Å²) in [4.78, 5) is 26.7. The number of aliphatic carboxylic acids is 1. The molecular formula is C24H32N2O4S. The van der Waals surface area contributed by atoms with Crippen LogP contribution in [0.15, 0.2) is 47.4 Å². The third-order valence-corrected chi connectivity index (χ3v) is 6.16. The number of carboxylic acids is 1. The van der Waals surface area contributed by atoms with Crippen LogP contribution in [0.1, 0.15) is 23.6 Å². The molecule has 0 saturated carbocycles. The number of rotatable bonds is 12. The van der Waals surface area contributed by atoms with Crippen molar-refractivity contribution in [2.45, 2.75) is 32.2 Å². The quantitative estimate of drug-likeness (QED) is 0.478. The Hall–Kier alpha value is -2.35. The van der Waals surface area contributed by atoms with Crippen LogP contribution in [0.5, 0.6) is 0 Å². The summed E-state index contributed by atoms with van der Waals surface area (Å²) in [7, 11) is 1.65. The Balaban J connectivity index is 1.95. The molecule has 7 heteroatoms. The number of anilines is 1. The Labute approximate surface area is 189 Å². The van der Waals surface area contributed by atoms with Crippen LogP contribution in [-0.4, -0.2) is 54.4 Å². The number of carbonyl (C=O) groups excluding carboxylic acids is 1. The zero-order chi connectivity index (χ0) is 22.8. The van der Waals surface area contributed by atoms with Crippen molar-refractivity contribution in [1.29, 1.82) is 0 Å². The van der Waals surface area contributed by atoms with Crippen LogP contribution < -0.4 is 5.32 Å². The van der Waals surface area contributed by atoms with Gasteiger partial charge < -0.3 is 15.2 Å². The Kier molecular flexibility index (Phi) is 10.0. The third kappa shape index (κ3) is 8.73.